The number of hydrogen-bond donors (Lipinski definition) is 2. The fourth-order valence-electron chi connectivity index (χ4n) is 4.33. The summed E-state index contributed by atoms with van der Waals surface area (Å²) in [5, 5.41) is 24.0. The van der Waals surface area contributed by atoms with E-state index in [9.17, 15) is 0 Å². The van der Waals surface area contributed by atoms with E-state index in [0.29, 0.717) is 41.1 Å². The van der Waals surface area contributed by atoms with E-state index in [0.717, 1.165) is 24.2 Å². The lowest BCUT2D eigenvalue weighted by molar-refractivity contribution is 0.377. The van der Waals surface area contributed by atoms with E-state index in [-0.39, 0.29) is 0 Å². The Morgan fingerprint density at radius 2 is 1.79 bits per heavy atom. The number of nitrogens with one attached hydrogen (secondary N) is 2. The topological polar surface area (TPSA) is 103 Å². The Kier molecular flexibility index (Phi) is 4.59. The van der Waals surface area contributed by atoms with Crippen molar-refractivity contribution < 1.29 is 4.74 Å². The fourth-order valence-corrected chi connectivity index (χ4v) is 4.33. The smallest absolute Gasteiger partial charge is 0.223 e. The van der Waals surface area contributed by atoms with E-state index < -0.39 is 0 Å². The first-order valence-corrected chi connectivity index (χ1v) is 9.96. The molecule has 2 saturated heterocycles. The number of rotatable bonds is 5. The molecule has 3 aromatic rings. The Labute approximate surface area is 168 Å². The quantitative estimate of drug-likeness (QED) is 0.680. The number of methoxy groups -OCH3 is 1. The van der Waals surface area contributed by atoms with Gasteiger partial charge in [0.1, 0.15) is 17.2 Å². The average Bonchev–Trinajstić information content (AvgIpc) is 3.32. The molecule has 2 aliphatic rings. The lowest BCUT2D eigenvalue weighted by Gasteiger charge is -2.29. The van der Waals surface area contributed by atoms with Crippen molar-refractivity contribution in [3.05, 3.63) is 30.5 Å². The average molecular weight is 392 g/mol. The van der Waals surface area contributed by atoms with Crippen molar-refractivity contribution >= 4 is 5.82 Å². The normalized spacial score (nSPS) is 23.2. The first kappa shape index (κ1) is 18.0. The summed E-state index contributed by atoms with van der Waals surface area (Å²) in [4.78, 5) is 4.59. The molecular formula is C20H24N8O. The predicted molar refractivity (Wildman–Crippen MR) is 108 cm³/mol. The SMILES string of the molecule is COc1nc(-c2ccc(N[C@@H]3C[C@H]4CC[C@@H](C3)N4)nn2)ccc1-c1cn(C)nn1. The molecule has 9 nitrogen and oxygen atoms in total. The van der Waals surface area contributed by atoms with Gasteiger partial charge in [0, 0.05) is 25.2 Å². The number of aryl methyl sites for hydroxylation is 1. The van der Waals surface area contributed by atoms with Crippen LogP contribution in [0, 0.1) is 0 Å². The van der Waals surface area contributed by atoms with E-state index in [1.807, 2.05) is 37.5 Å². The van der Waals surface area contributed by atoms with Crippen molar-refractivity contribution in [1.82, 2.24) is 35.5 Å². The van der Waals surface area contributed by atoms with Gasteiger partial charge in [-0.25, -0.2) is 4.98 Å². The summed E-state index contributed by atoms with van der Waals surface area (Å²) in [6, 6.07) is 9.47. The van der Waals surface area contributed by atoms with E-state index >= 15 is 0 Å². The van der Waals surface area contributed by atoms with Crippen LogP contribution in [0.15, 0.2) is 30.5 Å². The molecule has 5 heterocycles. The molecule has 2 bridgehead atoms. The van der Waals surface area contributed by atoms with Gasteiger partial charge >= 0.3 is 0 Å². The standard InChI is InChI=1S/C20H24N8O/c1-28-11-18(25-27-28)15-5-6-16(23-20(15)29-2)17-7-8-19(26-24-17)22-14-9-12-3-4-13(10-14)21-12/h5-8,11-14,21H,3-4,9-10H2,1-2H3,(H,22,26)/t12-,13+,14-. The highest BCUT2D eigenvalue weighted by Crippen LogP contribution is 2.30. The zero-order valence-electron chi connectivity index (χ0n) is 16.5. The molecule has 5 rings (SSSR count). The molecule has 0 spiro atoms. The summed E-state index contributed by atoms with van der Waals surface area (Å²) >= 11 is 0. The number of nitrogens with zero attached hydrogens (tertiary/aromatic N) is 6. The van der Waals surface area contributed by atoms with Crippen LogP contribution < -0.4 is 15.4 Å². The van der Waals surface area contributed by atoms with E-state index in [1.165, 1.54) is 12.8 Å². The van der Waals surface area contributed by atoms with Crippen LogP contribution in [-0.2, 0) is 7.05 Å². The zero-order valence-corrected chi connectivity index (χ0v) is 16.5. The summed E-state index contributed by atoms with van der Waals surface area (Å²) in [5.41, 5.74) is 2.90. The zero-order chi connectivity index (χ0) is 19.8. The maximum absolute atomic E-state index is 5.47. The van der Waals surface area contributed by atoms with Crippen molar-refractivity contribution in [2.45, 2.75) is 43.8 Å². The first-order valence-electron chi connectivity index (χ1n) is 9.96. The largest absolute Gasteiger partial charge is 0.480 e. The lowest BCUT2D eigenvalue weighted by Crippen LogP contribution is -2.43. The Morgan fingerprint density at radius 1 is 1.00 bits per heavy atom. The third kappa shape index (κ3) is 3.65. The van der Waals surface area contributed by atoms with Gasteiger partial charge in [-0.1, -0.05) is 5.21 Å². The van der Waals surface area contributed by atoms with Crippen LogP contribution in [0.2, 0.25) is 0 Å². The molecule has 0 aromatic carbocycles. The van der Waals surface area contributed by atoms with E-state index in [4.69, 9.17) is 4.74 Å². The van der Waals surface area contributed by atoms with Gasteiger partial charge in [-0.2, -0.15) is 0 Å². The van der Waals surface area contributed by atoms with Crippen LogP contribution in [0.1, 0.15) is 25.7 Å². The third-order valence-corrected chi connectivity index (χ3v) is 5.68. The summed E-state index contributed by atoms with van der Waals surface area (Å²) in [7, 11) is 3.42. The second kappa shape index (κ2) is 7.40. The molecule has 0 aliphatic carbocycles. The highest BCUT2D eigenvalue weighted by molar-refractivity contribution is 5.68. The molecule has 0 unspecified atom stereocenters. The molecule has 2 aliphatic heterocycles. The summed E-state index contributed by atoms with van der Waals surface area (Å²) in [5.74, 6) is 1.29. The second-order valence-corrected chi connectivity index (χ2v) is 7.79. The van der Waals surface area contributed by atoms with Gasteiger partial charge in [-0.15, -0.1) is 15.3 Å². The highest BCUT2D eigenvalue weighted by Gasteiger charge is 2.33. The number of aromatic nitrogens is 6. The van der Waals surface area contributed by atoms with Crippen LogP contribution in [0.25, 0.3) is 22.6 Å². The number of piperidine rings is 1. The Bertz CT molecular complexity index is 990. The molecular weight excluding hydrogens is 368 g/mol. The molecule has 0 saturated carbocycles. The minimum atomic E-state index is 0.457. The van der Waals surface area contributed by atoms with Crippen LogP contribution in [0.5, 0.6) is 5.88 Å². The monoisotopic (exact) mass is 392 g/mol. The van der Waals surface area contributed by atoms with Crippen LogP contribution in [0.3, 0.4) is 0 Å². The van der Waals surface area contributed by atoms with Crippen LogP contribution in [0.4, 0.5) is 5.82 Å². The Morgan fingerprint density at radius 3 is 2.45 bits per heavy atom. The fraction of sp³-hybridized carbons (Fsp3) is 0.450. The van der Waals surface area contributed by atoms with Gasteiger partial charge in [0.25, 0.3) is 0 Å². The van der Waals surface area contributed by atoms with E-state index in [2.05, 4.69) is 36.1 Å². The molecule has 29 heavy (non-hydrogen) atoms. The highest BCUT2D eigenvalue weighted by atomic mass is 16.5. The number of ether oxygens (including phenoxy) is 1. The Hall–Kier alpha value is -3.07. The van der Waals surface area contributed by atoms with Crippen molar-refractivity contribution in [3.63, 3.8) is 0 Å². The number of pyridine rings is 1. The second-order valence-electron chi connectivity index (χ2n) is 7.79. The van der Waals surface area contributed by atoms with Gasteiger partial charge in [0.05, 0.1) is 24.6 Å². The van der Waals surface area contributed by atoms with Gasteiger partial charge in [-0.05, 0) is 49.9 Å². The first-order chi connectivity index (χ1) is 14.2. The predicted octanol–water partition coefficient (Wildman–Crippen LogP) is 2.04. The molecule has 0 amide bonds. The molecule has 3 aromatic heterocycles. The molecule has 2 N–H and O–H groups in total. The van der Waals surface area contributed by atoms with Crippen molar-refractivity contribution in [3.8, 4) is 28.5 Å². The lowest BCUT2D eigenvalue weighted by atomic mass is 10.00. The van der Waals surface area contributed by atoms with E-state index in [1.54, 1.807) is 11.8 Å². The van der Waals surface area contributed by atoms with Crippen LogP contribution in [-0.4, -0.2) is 55.4 Å². The van der Waals surface area contributed by atoms with Crippen LogP contribution >= 0.6 is 0 Å². The summed E-state index contributed by atoms with van der Waals surface area (Å²) in [6.45, 7) is 0. The molecule has 0 radical (unpaired) electrons. The minimum Gasteiger partial charge on any atom is -0.480 e. The van der Waals surface area contributed by atoms with Crippen molar-refractivity contribution in [2.24, 2.45) is 7.05 Å². The third-order valence-electron chi connectivity index (χ3n) is 5.68. The van der Waals surface area contributed by atoms with Gasteiger partial charge in [-0.3, -0.25) is 4.68 Å². The number of fused-ring (bicyclic) bond motifs is 2. The number of anilines is 1. The summed E-state index contributed by atoms with van der Waals surface area (Å²) < 4.78 is 7.11. The van der Waals surface area contributed by atoms with Crippen molar-refractivity contribution in [2.75, 3.05) is 12.4 Å². The van der Waals surface area contributed by atoms with Gasteiger partial charge in [0.2, 0.25) is 5.88 Å². The van der Waals surface area contributed by atoms with Gasteiger partial charge in [0.15, 0.2) is 0 Å². The molecule has 2 fully saturated rings. The maximum atomic E-state index is 5.47. The maximum Gasteiger partial charge on any atom is 0.223 e. The van der Waals surface area contributed by atoms with Crippen molar-refractivity contribution in [1.29, 1.82) is 0 Å². The molecule has 3 atom stereocenters. The molecule has 9 heteroatoms. The Balaban J connectivity index is 1.33. The minimum absolute atomic E-state index is 0.457. The number of hydrogen-bond acceptors (Lipinski definition) is 8. The molecule has 150 valence electrons. The van der Waals surface area contributed by atoms with Gasteiger partial charge < -0.3 is 15.4 Å². The summed E-state index contributed by atoms with van der Waals surface area (Å²) in [6.07, 6.45) is 6.68.